The average molecular weight is 268 g/mol. The van der Waals surface area contributed by atoms with Gasteiger partial charge in [0.15, 0.2) is 0 Å². The lowest BCUT2D eigenvalue weighted by atomic mass is 10.0. The highest BCUT2D eigenvalue weighted by atomic mass is 32.1. The summed E-state index contributed by atoms with van der Waals surface area (Å²) in [5.74, 6) is 0. The van der Waals surface area contributed by atoms with Gasteiger partial charge in [0, 0.05) is 11.4 Å². The minimum absolute atomic E-state index is 0.148. The van der Waals surface area contributed by atoms with Gasteiger partial charge in [0.25, 0.3) is 0 Å². The van der Waals surface area contributed by atoms with Gasteiger partial charge in [-0.05, 0) is 13.3 Å². The Hall–Kier alpha value is -0.410. The van der Waals surface area contributed by atoms with E-state index in [2.05, 4.69) is 17.3 Å². The molecule has 104 valence electrons. The minimum Gasteiger partial charge on any atom is -0.323 e. The number of aryl methyl sites for hydroxylation is 1. The molecule has 0 fully saturated rings. The fourth-order valence-corrected chi connectivity index (χ4v) is 2.87. The van der Waals surface area contributed by atoms with Crippen molar-refractivity contribution in [2.75, 3.05) is 0 Å². The van der Waals surface area contributed by atoms with Crippen molar-refractivity contribution in [1.29, 1.82) is 0 Å². The molecular weight excluding hydrogens is 240 g/mol. The molecule has 18 heavy (non-hydrogen) atoms. The van der Waals surface area contributed by atoms with Gasteiger partial charge in [-0.2, -0.15) is 0 Å². The Morgan fingerprint density at radius 1 is 1.11 bits per heavy atom. The van der Waals surface area contributed by atoms with Gasteiger partial charge in [-0.3, -0.25) is 0 Å². The number of rotatable bonds is 10. The van der Waals surface area contributed by atoms with Crippen LogP contribution < -0.4 is 5.73 Å². The summed E-state index contributed by atoms with van der Waals surface area (Å²) in [5, 5.41) is 3.22. The summed E-state index contributed by atoms with van der Waals surface area (Å²) in [4.78, 5) is 4.45. The van der Waals surface area contributed by atoms with Crippen molar-refractivity contribution < 1.29 is 0 Å². The van der Waals surface area contributed by atoms with E-state index in [1.165, 1.54) is 51.4 Å². The van der Waals surface area contributed by atoms with Crippen LogP contribution in [0.3, 0.4) is 0 Å². The Balaban J connectivity index is 1.97. The van der Waals surface area contributed by atoms with Gasteiger partial charge >= 0.3 is 0 Å². The average Bonchev–Trinajstić information content (AvgIpc) is 2.79. The van der Waals surface area contributed by atoms with Gasteiger partial charge in [-0.1, -0.05) is 58.3 Å². The van der Waals surface area contributed by atoms with E-state index in [0.717, 1.165) is 17.1 Å². The Morgan fingerprint density at radius 3 is 2.28 bits per heavy atom. The molecular formula is C15H28N2S. The lowest BCUT2D eigenvalue weighted by Gasteiger charge is -2.08. The van der Waals surface area contributed by atoms with E-state index in [0.29, 0.717) is 0 Å². The van der Waals surface area contributed by atoms with Crippen LogP contribution in [-0.2, 0) is 0 Å². The molecule has 1 rings (SSSR count). The Kier molecular flexibility index (Phi) is 8.27. The molecule has 0 radical (unpaired) electrons. The fraction of sp³-hybridized carbons (Fsp3) is 0.800. The third-order valence-corrected chi connectivity index (χ3v) is 4.18. The number of nitrogens with zero attached hydrogens (tertiary/aromatic N) is 1. The van der Waals surface area contributed by atoms with Gasteiger partial charge in [0.1, 0.15) is 0 Å². The van der Waals surface area contributed by atoms with E-state index >= 15 is 0 Å². The van der Waals surface area contributed by atoms with Crippen molar-refractivity contribution in [1.82, 2.24) is 4.98 Å². The molecule has 1 aromatic heterocycles. The Labute approximate surface area is 116 Å². The van der Waals surface area contributed by atoms with Crippen LogP contribution in [0, 0.1) is 6.92 Å². The third-order valence-electron chi connectivity index (χ3n) is 3.39. The van der Waals surface area contributed by atoms with E-state index in [1.807, 2.05) is 6.92 Å². The number of thiazole rings is 1. The summed E-state index contributed by atoms with van der Waals surface area (Å²) in [6.07, 6.45) is 12.0. The van der Waals surface area contributed by atoms with Crippen LogP contribution in [0.25, 0.3) is 0 Å². The highest BCUT2D eigenvalue weighted by Gasteiger charge is 2.08. The first-order chi connectivity index (χ1) is 8.74. The predicted molar refractivity (Wildman–Crippen MR) is 81.0 cm³/mol. The molecule has 2 N–H and O–H groups in total. The Morgan fingerprint density at radius 2 is 1.72 bits per heavy atom. The van der Waals surface area contributed by atoms with Crippen LogP contribution in [0.5, 0.6) is 0 Å². The summed E-state index contributed by atoms with van der Waals surface area (Å²) in [6.45, 7) is 4.30. The summed E-state index contributed by atoms with van der Waals surface area (Å²) in [5.41, 5.74) is 7.22. The van der Waals surface area contributed by atoms with Crippen LogP contribution in [-0.4, -0.2) is 4.98 Å². The fourth-order valence-electron chi connectivity index (χ4n) is 2.20. The zero-order valence-corrected chi connectivity index (χ0v) is 12.8. The molecule has 1 atom stereocenters. The molecule has 1 aromatic rings. The van der Waals surface area contributed by atoms with Crippen molar-refractivity contribution in [3.8, 4) is 0 Å². The highest BCUT2D eigenvalue weighted by Crippen LogP contribution is 2.20. The SMILES string of the molecule is CCCCCCCCCCC(N)c1csc(C)n1. The van der Waals surface area contributed by atoms with E-state index in [4.69, 9.17) is 5.73 Å². The predicted octanol–water partition coefficient (Wildman–Crippen LogP) is 4.98. The van der Waals surface area contributed by atoms with Crippen LogP contribution in [0.4, 0.5) is 0 Å². The molecule has 0 amide bonds. The molecule has 2 nitrogen and oxygen atoms in total. The first kappa shape index (κ1) is 15.6. The topological polar surface area (TPSA) is 38.9 Å². The van der Waals surface area contributed by atoms with Crippen molar-refractivity contribution >= 4 is 11.3 Å². The number of hydrogen-bond donors (Lipinski definition) is 1. The summed E-state index contributed by atoms with van der Waals surface area (Å²) >= 11 is 1.70. The summed E-state index contributed by atoms with van der Waals surface area (Å²) < 4.78 is 0. The van der Waals surface area contributed by atoms with E-state index in [1.54, 1.807) is 11.3 Å². The highest BCUT2D eigenvalue weighted by molar-refractivity contribution is 7.09. The molecule has 0 aliphatic rings. The van der Waals surface area contributed by atoms with E-state index in [9.17, 15) is 0 Å². The van der Waals surface area contributed by atoms with E-state index in [-0.39, 0.29) is 6.04 Å². The Bertz CT molecular complexity index is 309. The lowest BCUT2D eigenvalue weighted by Crippen LogP contribution is -2.10. The summed E-state index contributed by atoms with van der Waals surface area (Å²) in [6, 6.07) is 0.148. The molecule has 0 aromatic carbocycles. The monoisotopic (exact) mass is 268 g/mol. The second kappa shape index (κ2) is 9.51. The zero-order chi connectivity index (χ0) is 13.2. The van der Waals surface area contributed by atoms with Gasteiger partial charge in [0.2, 0.25) is 0 Å². The van der Waals surface area contributed by atoms with Crippen molar-refractivity contribution in [3.05, 3.63) is 16.1 Å². The van der Waals surface area contributed by atoms with Crippen LogP contribution in [0.2, 0.25) is 0 Å². The first-order valence-corrected chi connectivity index (χ1v) is 8.29. The molecule has 0 bridgehead atoms. The first-order valence-electron chi connectivity index (χ1n) is 7.41. The van der Waals surface area contributed by atoms with Gasteiger partial charge in [0.05, 0.1) is 10.7 Å². The number of aromatic nitrogens is 1. The molecule has 1 unspecified atom stereocenters. The lowest BCUT2D eigenvalue weighted by molar-refractivity contribution is 0.532. The molecule has 0 aliphatic heterocycles. The van der Waals surface area contributed by atoms with Crippen molar-refractivity contribution in [3.63, 3.8) is 0 Å². The standard InChI is InChI=1S/C15H28N2S/c1-3-4-5-6-7-8-9-10-11-14(16)15-12-18-13(2)17-15/h12,14H,3-11,16H2,1-2H3. The molecule has 0 aliphatic carbocycles. The zero-order valence-electron chi connectivity index (χ0n) is 12.0. The molecule has 0 saturated heterocycles. The van der Waals surface area contributed by atoms with Gasteiger partial charge in [-0.25, -0.2) is 4.98 Å². The molecule has 0 spiro atoms. The number of nitrogens with two attached hydrogens (primary N) is 1. The molecule has 1 heterocycles. The quantitative estimate of drug-likeness (QED) is 0.608. The molecule has 3 heteroatoms. The smallest absolute Gasteiger partial charge is 0.0898 e. The third kappa shape index (κ3) is 6.50. The van der Waals surface area contributed by atoms with Crippen LogP contribution in [0.1, 0.15) is 81.5 Å². The van der Waals surface area contributed by atoms with E-state index < -0.39 is 0 Å². The normalized spacial score (nSPS) is 12.8. The maximum absolute atomic E-state index is 6.13. The van der Waals surface area contributed by atoms with Crippen LogP contribution in [0.15, 0.2) is 5.38 Å². The van der Waals surface area contributed by atoms with Crippen LogP contribution >= 0.6 is 11.3 Å². The molecule has 0 saturated carbocycles. The van der Waals surface area contributed by atoms with Crippen molar-refractivity contribution in [2.24, 2.45) is 5.73 Å². The largest absolute Gasteiger partial charge is 0.323 e. The van der Waals surface area contributed by atoms with Gasteiger partial charge < -0.3 is 5.73 Å². The second-order valence-corrected chi connectivity index (χ2v) is 6.22. The maximum Gasteiger partial charge on any atom is 0.0898 e. The number of hydrogen-bond acceptors (Lipinski definition) is 3. The number of unbranched alkanes of at least 4 members (excludes halogenated alkanes) is 7. The second-order valence-electron chi connectivity index (χ2n) is 5.16. The minimum atomic E-state index is 0.148. The van der Waals surface area contributed by atoms with Crippen molar-refractivity contribution in [2.45, 2.75) is 77.7 Å². The maximum atomic E-state index is 6.13. The van der Waals surface area contributed by atoms with Gasteiger partial charge in [-0.15, -0.1) is 11.3 Å². The summed E-state index contributed by atoms with van der Waals surface area (Å²) in [7, 11) is 0.